The van der Waals surface area contributed by atoms with Crippen molar-refractivity contribution in [3.8, 4) is 0 Å². The molecule has 0 rings (SSSR count). The van der Waals surface area contributed by atoms with Crippen molar-refractivity contribution in [3.63, 3.8) is 0 Å². The number of esters is 1. The molecular formula is C12H19NO6. The first-order chi connectivity index (χ1) is 8.60. The summed E-state index contributed by atoms with van der Waals surface area (Å²) in [6.45, 7) is 0.312. The number of rotatable bonds is 8. The fourth-order valence-corrected chi connectivity index (χ4v) is 1.40. The largest absolute Gasteiger partial charge is 0.550 e. The highest BCUT2D eigenvalue weighted by Gasteiger charge is 2.21. The van der Waals surface area contributed by atoms with Gasteiger partial charge in [-0.3, -0.25) is 4.79 Å². The molecule has 0 saturated carbocycles. The third kappa shape index (κ3) is 11.0. The molecule has 0 heterocycles. The molecule has 0 fully saturated rings. The van der Waals surface area contributed by atoms with Crippen molar-refractivity contribution in [2.75, 3.05) is 27.7 Å². The number of nitrogens with zero attached hydrogens (tertiary/aromatic N) is 1. The molecule has 19 heavy (non-hydrogen) atoms. The molecule has 0 aromatic rings. The van der Waals surface area contributed by atoms with Gasteiger partial charge in [0.05, 0.1) is 27.6 Å². The van der Waals surface area contributed by atoms with Gasteiger partial charge in [-0.25, -0.2) is 4.79 Å². The second kappa shape index (κ2) is 7.52. The maximum Gasteiger partial charge on any atom is 0.330 e. The molecule has 0 radical (unpaired) electrons. The van der Waals surface area contributed by atoms with Crippen LogP contribution in [0.1, 0.15) is 12.8 Å². The topological polar surface area (TPSA) is 104 Å². The summed E-state index contributed by atoms with van der Waals surface area (Å²) in [6.07, 6.45) is 0.620. The Morgan fingerprint density at radius 3 is 2.32 bits per heavy atom. The van der Waals surface area contributed by atoms with Crippen molar-refractivity contribution in [3.05, 3.63) is 12.2 Å². The lowest BCUT2D eigenvalue weighted by molar-refractivity contribution is -0.873. The number of quaternary nitrogens is 1. The minimum atomic E-state index is -1.30. The highest BCUT2D eigenvalue weighted by atomic mass is 16.5. The van der Waals surface area contributed by atoms with Crippen LogP contribution in [0.15, 0.2) is 12.2 Å². The number of hydrogen-bond donors (Lipinski definition) is 1. The molecule has 0 unspecified atom stereocenters. The third-order valence-electron chi connectivity index (χ3n) is 1.97. The molecule has 0 aliphatic heterocycles. The molecule has 0 amide bonds. The zero-order chi connectivity index (χ0) is 15.1. The Kier molecular flexibility index (Phi) is 6.78. The minimum absolute atomic E-state index is 0.296. The van der Waals surface area contributed by atoms with Gasteiger partial charge in [0.25, 0.3) is 0 Å². The lowest BCUT2D eigenvalue weighted by Crippen LogP contribution is -2.45. The maximum absolute atomic E-state index is 11.4. The van der Waals surface area contributed by atoms with Crippen molar-refractivity contribution in [1.29, 1.82) is 0 Å². The SMILES string of the molecule is C[N+](C)(C)C[C@H](CC(=O)[O-])OC(=O)/C=C/CC(=O)O. The number of carbonyl (C=O) groups excluding carboxylic acids is 2. The van der Waals surface area contributed by atoms with E-state index in [0.29, 0.717) is 11.0 Å². The Balaban J connectivity index is 4.46. The normalized spacial score (nSPS) is 13.2. The van der Waals surface area contributed by atoms with Gasteiger partial charge >= 0.3 is 11.9 Å². The fraction of sp³-hybridized carbons (Fsp3) is 0.583. The zero-order valence-corrected chi connectivity index (χ0v) is 11.3. The van der Waals surface area contributed by atoms with Crippen LogP contribution in [-0.2, 0) is 19.1 Å². The zero-order valence-electron chi connectivity index (χ0n) is 11.3. The summed E-state index contributed by atoms with van der Waals surface area (Å²) in [4.78, 5) is 32.2. The fourth-order valence-electron chi connectivity index (χ4n) is 1.40. The Labute approximate surface area is 111 Å². The van der Waals surface area contributed by atoms with Crippen molar-refractivity contribution in [1.82, 2.24) is 0 Å². The second-order valence-corrected chi connectivity index (χ2v) is 5.11. The first-order valence-electron chi connectivity index (χ1n) is 5.69. The molecule has 0 saturated heterocycles. The van der Waals surface area contributed by atoms with E-state index in [1.165, 1.54) is 0 Å². The molecule has 1 atom stereocenters. The van der Waals surface area contributed by atoms with Gasteiger partial charge in [0.2, 0.25) is 0 Å². The summed E-state index contributed by atoms with van der Waals surface area (Å²) in [5, 5.41) is 19.0. The van der Waals surface area contributed by atoms with Gasteiger partial charge in [-0.2, -0.15) is 0 Å². The van der Waals surface area contributed by atoms with Crippen molar-refractivity contribution in [2.24, 2.45) is 0 Å². The monoisotopic (exact) mass is 273 g/mol. The van der Waals surface area contributed by atoms with Crippen LogP contribution in [0.3, 0.4) is 0 Å². The van der Waals surface area contributed by atoms with Crippen LogP contribution in [0.25, 0.3) is 0 Å². The molecule has 108 valence electrons. The van der Waals surface area contributed by atoms with Crippen molar-refractivity contribution in [2.45, 2.75) is 18.9 Å². The quantitative estimate of drug-likeness (QED) is 0.337. The lowest BCUT2D eigenvalue weighted by Gasteiger charge is -2.28. The number of ether oxygens (including phenoxy) is 1. The third-order valence-corrected chi connectivity index (χ3v) is 1.97. The van der Waals surface area contributed by atoms with Crippen LogP contribution in [0.4, 0.5) is 0 Å². The molecule has 0 aromatic heterocycles. The van der Waals surface area contributed by atoms with Crippen molar-refractivity contribution < 1.29 is 33.8 Å². The van der Waals surface area contributed by atoms with Gasteiger partial charge in [0.15, 0.2) is 6.10 Å². The average Bonchev–Trinajstić information content (AvgIpc) is 2.12. The van der Waals surface area contributed by atoms with Gasteiger partial charge in [-0.1, -0.05) is 6.08 Å². The Morgan fingerprint density at radius 1 is 1.32 bits per heavy atom. The second-order valence-electron chi connectivity index (χ2n) is 5.11. The maximum atomic E-state index is 11.4. The number of carbonyl (C=O) groups is 3. The highest BCUT2D eigenvalue weighted by molar-refractivity contribution is 5.83. The molecule has 7 nitrogen and oxygen atoms in total. The van der Waals surface area contributed by atoms with Crippen LogP contribution in [-0.4, -0.2) is 61.3 Å². The van der Waals surface area contributed by atoms with E-state index in [0.717, 1.165) is 12.2 Å². The Hall–Kier alpha value is -1.89. The average molecular weight is 273 g/mol. The molecule has 0 aliphatic rings. The number of carboxylic acid groups (broad SMARTS) is 2. The summed E-state index contributed by atoms with van der Waals surface area (Å²) < 4.78 is 5.38. The van der Waals surface area contributed by atoms with Crippen LogP contribution in [0.5, 0.6) is 0 Å². The standard InChI is InChI=1S/C12H19NO6/c1-13(2,3)8-9(7-11(16)17)19-12(18)6-4-5-10(14)15/h4,6,9H,5,7-8H2,1-3H3,(H-,14,15,16,17)/b6-4+/t9-/m0/s1. The summed E-state index contributed by atoms with van der Waals surface area (Å²) in [7, 11) is 5.49. The van der Waals surface area contributed by atoms with Gasteiger partial charge in [-0.15, -0.1) is 0 Å². The first-order valence-corrected chi connectivity index (χ1v) is 5.69. The van der Waals surface area contributed by atoms with Crippen molar-refractivity contribution >= 4 is 17.9 Å². The Bertz CT molecular complexity index is 369. The smallest absolute Gasteiger partial charge is 0.330 e. The number of likely N-dealkylation sites (N-methyl/N-ethyl adjacent to an activating group) is 1. The molecular weight excluding hydrogens is 254 g/mol. The van der Waals surface area contributed by atoms with E-state index >= 15 is 0 Å². The van der Waals surface area contributed by atoms with Crippen LogP contribution in [0, 0.1) is 0 Å². The summed E-state index contributed by atoms with van der Waals surface area (Å²) in [5.41, 5.74) is 0. The van der Waals surface area contributed by atoms with E-state index in [-0.39, 0.29) is 6.42 Å². The first kappa shape index (κ1) is 17.1. The number of carboxylic acids is 2. The number of hydrogen-bond acceptors (Lipinski definition) is 5. The van der Waals surface area contributed by atoms with E-state index < -0.39 is 30.4 Å². The molecule has 0 spiro atoms. The van der Waals surface area contributed by atoms with Gasteiger partial charge in [0.1, 0.15) is 6.54 Å². The summed E-state index contributed by atoms with van der Waals surface area (Å²) >= 11 is 0. The lowest BCUT2D eigenvalue weighted by atomic mass is 10.2. The van der Waals surface area contributed by atoms with E-state index in [1.807, 2.05) is 21.1 Å². The van der Waals surface area contributed by atoms with E-state index in [1.54, 1.807) is 0 Å². The number of aliphatic carboxylic acids is 2. The van der Waals surface area contributed by atoms with E-state index in [2.05, 4.69) is 0 Å². The molecule has 1 N–H and O–H groups in total. The predicted octanol–water partition coefficient (Wildman–Crippen LogP) is -1.22. The predicted molar refractivity (Wildman–Crippen MR) is 63.8 cm³/mol. The van der Waals surface area contributed by atoms with Gasteiger partial charge in [-0.05, 0) is 0 Å². The highest BCUT2D eigenvalue weighted by Crippen LogP contribution is 2.05. The summed E-state index contributed by atoms with van der Waals surface area (Å²) in [6, 6.07) is 0. The van der Waals surface area contributed by atoms with Gasteiger partial charge in [0, 0.05) is 18.5 Å². The summed E-state index contributed by atoms with van der Waals surface area (Å²) in [5.74, 6) is -3.14. The molecule has 7 heteroatoms. The van der Waals surface area contributed by atoms with Crippen LogP contribution in [0.2, 0.25) is 0 Å². The molecule has 0 aromatic carbocycles. The molecule has 0 bridgehead atoms. The molecule has 0 aliphatic carbocycles. The van der Waals surface area contributed by atoms with Gasteiger partial charge < -0.3 is 24.2 Å². The van der Waals surface area contributed by atoms with Crippen LogP contribution >= 0.6 is 0 Å². The van der Waals surface area contributed by atoms with E-state index in [9.17, 15) is 19.5 Å². The minimum Gasteiger partial charge on any atom is -0.550 e. The Morgan fingerprint density at radius 2 is 1.89 bits per heavy atom. The van der Waals surface area contributed by atoms with Crippen LogP contribution < -0.4 is 5.11 Å². The van der Waals surface area contributed by atoms with E-state index in [4.69, 9.17) is 9.84 Å².